The van der Waals surface area contributed by atoms with Gasteiger partial charge in [-0.25, -0.2) is 4.79 Å². The van der Waals surface area contributed by atoms with E-state index >= 15 is 0 Å². The summed E-state index contributed by atoms with van der Waals surface area (Å²) in [5.74, 6) is 0.0880. The Labute approximate surface area is 115 Å². The second kappa shape index (κ2) is 7.79. The summed E-state index contributed by atoms with van der Waals surface area (Å²) >= 11 is 0. The molecule has 0 fully saturated rings. The SMILES string of the molecule is Cc1ccc(CCNC(=O)NCC(C)CO)c(C)c1. The minimum atomic E-state index is -0.176. The zero-order chi connectivity index (χ0) is 14.3. The van der Waals surface area contributed by atoms with E-state index in [4.69, 9.17) is 5.11 Å². The standard InChI is InChI=1S/C15H24N2O2/c1-11-4-5-14(13(3)8-11)6-7-16-15(19)17-9-12(2)10-18/h4-5,8,12,18H,6-7,9-10H2,1-3H3,(H2,16,17,19). The number of rotatable bonds is 6. The number of benzene rings is 1. The number of urea groups is 1. The maximum atomic E-state index is 11.5. The van der Waals surface area contributed by atoms with E-state index < -0.39 is 0 Å². The number of aryl methyl sites for hydroxylation is 2. The normalized spacial score (nSPS) is 12.0. The summed E-state index contributed by atoms with van der Waals surface area (Å²) in [5, 5.41) is 14.4. The fourth-order valence-corrected chi connectivity index (χ4v) is 1.83. The van der Waals surface area contributed by atoms with Crippen molar-refractivity contribution in [1.82, 2.24) is 10.6 Å². The van der Waals surface area contributed by atoms with Gasteiger partial charge < -0.3 is 15.7 Å². The van der Waals surface area contributed by atoms with Crippen LogP contribution in [0.25, 0.3) is 0 Å². The fraction of sp³-hybridized carbons (Fsp3) is 0.533. The number of carbonyl (C=O) groups excluding carboxylic acids is 1. The molecular weight excluding hydrogens is 240 g/mol. The minimum Gasteiger partial charge on any atom is -0.396 e. The largest absolute Gasteiger partial charge is 0.396 e. The van der Waals surface area contributed by atoms with Gasteiger partial charge in [0.2, 0.25) is 0 Å². The van der Waals surface area contributed by atoms with Crippen molar-refractivity contribution in [2.45, 2.75) is 27.2 Å². The van der Waals surface area contributed by atoms with Gasteiger partial charge in [-0.15, -0.1) is 0 Å². The number of hydrogen-bond donors (Lipinski definition) is 3. The molecule has 0 saturated heterocycles. The van der Waals surface area contributed by atoms with Crippen molar-refractivity contribution in [1.29, 1.82) is 0 Å². The molecule has 0 aliphatic heterocycles. The Bertz CT molecular complexity index is 419. The highest BCUT2D eigenvalue weighted by Gasteiger charge is 2.04. The van der Waals surface area contributed by atoms with E-state index in [0.29, 0.717) is 13.1 Å². The maximum absolute atomic E-state index is 11.5. The Balaban J connectivity index is 2.28. The molecule has 106 valence electrons. The topological polar surface area (TPSA) is 61.4 Å². The first-order chi connectivity index (χ1) is 9.02. The van der Waals surface area contributed by atoms with Crippen LogP contribution in [0.1, 0.15) is 23.6 Å². The van der Waals surface area contributed by atoms with Gasteiger partial charge in [0.05, 0.1) is 0 Å². The zero-order valence-electron chi connectivity index (χ0n) is 12.0. The van der Waals surface area contributed by atoms with Crippen LogP contribution < -0.4 is 10.6 Å². The lowest BCUT2D eigenvalue weighted by atomic mass is 10.0. The summed E-state index contributed by atoms with van der Waals surface area (Å²) < 4.78 is 0. The molecule has 1 atom stereocenters. The molecule has 0 radical (unpaired) electrons. The van der Waals surface area contributed by atoms with Crippen molar-refractivity contribution in [3.05, 3.63) is 34.9 Å². The van der Waals surface area contributed by atoms with Crippen molar-refractivity contribution in [3.63, 3.8) is 0 Å². The van der Waals surface area contributed by atoms with Crippen LogP contribution in [0.15, 0.2) is 18.2 Å². The molecule has 0 aromatic heterocycles. The average Bonchev–Trinajstić information content (AvgIpc) is 2.38. The van der Waals surface area contributed by atoms with E-state index in [1.165, 1.54) is 16.7 Å². The van der Waals surface area contributed by atoms with E-state index in [9.17, 15) is 4.79 Å². The first-order valence-electron chi connectivity index (χ1n) is 6.71. The highest BCUT2D eigenvalue weighted by Crippen LogP contribution is 2.10. The predicted octanol–water partition coefficient (Wildman–Crippen LogP) is 1.77. The van der Waals surface area contributed by atoms with Crippen LogP contribution >= 0.6 is 0 Å². The number of carbonyl (C=O) groups is 1. The molecule has 0 bridgehead atoms. The van der Waals surface area contributed by atoms with Crippen LogP contribution in [-0.4, -0.2) is 30.8 Å². The Hall–Kier alpha value is -1.55. The molecule has 2 amide bonds. The van der Waals surface area contributed by atoms with Gasteiger partial charge in [0.25, 0.3) is 0 Å². The molecule has 1 aromatic carbocycles. The van der Waals surface area contributed by atoms with E-state index in [-0.39, 0.29) is 18.6 Å². The molecule has 0 aliphatic rings. The molecule has 0 aliphatic carbocycles. The molecule has 0 spiro atoms. The lowest BCUT2D eigenvalue weighted by molar-refractivity contribution is 0.222. The highest BCUT2D eigenvalue weighted by atomic mass is 16.3. The number of aliphatic hydroxyl groups is 1. The van der Waals surface area contributed by atoms with Gasteiger partial charge in [-0.1, -0.05) is 30.7 Å². The lowest BCUT2D eigenvalue weighted by Gasteiger charge is -2.11. The van der Waals surface area contributed by atoms with Crippen LogP contribution in [-0.2, 0) is 6.42 Å². The Kier molecular flexibility index (Phi) is 6.36. The summed E-state index contributed by atoms with van der Waals surface area (Å²) in [6, 6.07) is 6.17. The van der Waals surface area contributed by atoms with Crippen molar-refractivity contribution in [3.8, 4) is 0 Å². The van der Waals surface area contributed by atoms with Gasteiger partial charge in [0.15, 0.2) is 0 Å². The summed E-state index contributed by atoms with van der Waals surface area (Å²) in [6.45, 7) is 7.24. The van der Waals surface area contributed by atoms with E-state index in [1.54, 1.807) is 0 Å². The first-order valence-corrected chi connectivity index (χ1v) is 6.71. The third-order valence-electron chi connectivity index (χ3n) is 3.10. The summed E-state index contributed by atoms with van der Waals surface area (Å²) in [5.41, 5.74) is 3.77. The Morgan fingerprint density at radius 2 is 2.05 bits per heavy atom. The Morgan fingerprint density at radius 1 is 1.32 bits per heavy atom. The molecule has 1 unspecified atom stereocenters. The monoisotopic (exact) mass is 264 g/mol. The van der Waals surface area contributed by atoms with Gasteiger partial charge in [-0.05, 0) is 37.3 Å². The van der Waals surface area contributed by atoms with Gasteiger partial charge in [-0.3, -0.25) is 0 Å². The second-order valence-electron chi connectivity index (χ2n) is 5.10. The molecule has 4 heteroatoms. The van der Waals surface area contributed by atoms with Gasteiger partial charge in [0, 0.05) is 19.7 Å². The second-order valence-corrected chi connectivity index (χ2v) is 5.10. The number of amides is 2. The number of aliphatic hydroxyl groups excluding tert-OH is 1. The van der Waals surface area contributed by atoms with Crippen LogP contribution in [0.4, 0.5) is 4.79 Å². The minimum absolute atomic E-state index is 0.0862. The zero-order valence-corrected chi connectivity index (χ0v) is 12.0. The third-order valence-corrected chi connectivity index (χ3v) is 3.10. The molecule has 1 rings (SSSR count). The molecule has 19 heavy (non-hydrogen) atoms. The van der Waals surface area contributed by atoms with Crippen molar-refractivity contribution < 1.29 is 9.90 Å². The summed E-state index contributed by atoms with van der Waals surface area (Å²) in [7, 11) is 0. The van der Waals surface area contributed by atoms with E-state index in [1.807, 2.05) is 6.92 Å². The average molecular weight is 264 g/mol. The molecule has 0 saturated carbocycles. The fourth-order valence-electron chi connectivity index (χ4n) is 1.83. The lowest BCUT2D eigenvalue weighted by Crippen LogP contribution is -2.39. The molecule has 4 nitrogen and oxygen atoms in total. The van der Waals surface area contributed by atoms with Crippen LogP contribution in [0, 0.1) is 19.8 Å². The van der Waals surface area contributed by atoms with Crippen molar-refractivity contribution in [2.75, 3.05) is 19.7 Å². The van der Waals surface area contributed by atoms with Gasteiger partial charge in [-0.2, -0.15) is 0 Å². The number of hydrogen-bond acceptors (Lipinski definition) is 2. The molecule has 1 aromatic rings. The summed E-state index contributed by atoms with van der Waals surface area (Å²) in [4.78, 5) is 11.5. The van der Waals surface area contributed by atoms with E-state index in [2.05, 4.69) is 42.7 Å². The molecular formula is C15H24N2O2. The smallest absolute Gasteiger partial charge is 0.314 e. The van der Waals surface area contributed by atoms with Crippen LogP contribution in [0.5, 0.6) is 0 Å². The third kappa shape index (κ3) is 5.75. The maximum Gasteiger partial charge on any atom is 0.314 e. The molecule has 3 N–H and O–H groups in total. The quantitative estimate of drug-likeness (QED) is 0.733. The number of nitrogens with one attached hydrogen (secondary N) is 2. The van der Waals surface area contributed by atoms with Crippen molar-refractivity contribution >= 4 is 6.03 Å². The van der Waals surface area contributed by atoms with Gasteiger partial charge in [0.1, 0.15) is 0 Å². The van der Waals surface area contributed by atoms with Crippen LogP contribution in [0.2, 0.25) is 0 Å². The van der Waals surface area contributed by atoms with Crippen LogP contribution in [0.3, 0.4) is 0 Å². The van der Waals surface area contributed by atoms with E-state index in [0.717, 1.165) is 6.42 Å². The van der Waals surface area contributed by atoms with Gasteiger partial charge >= 0.3 is 6.03 Å². The predicted molar refractivity (Wildman–Crippen MR) is 77.3 cm³/mol. The van der Waals surface area contributed by atoms with Crippen molar-refractivity contribution in [2.24, 2.45) is 5.92 Å². The highest BCUT2D eigenvalue weighted by molar-refractivity contribution is 5.73. The first kappa shape index (κ1) is 15.5. The summed E-state index contributed by atoms with van der Waals surface area (Å²) in [6.07, 6.45) is 0.828. The molecule has 0 heterocycles. The Morgan fingerprint density at radius 3 is 2.68 bits per heavy atom.